The first-order chi connectivity index (χ1) is 17.9. The van der Waals surface area contributed by atoms with Crippen molar-refractivity contribution in [2.45, 2.75) is 25.5 Å². The third-order valence-electron chi connectivity index (χ3n) is 6.49. The molecule has 0 N–H and O–H groups in total. The van der Waals surface area contributed by atoms with Gasteiger partial charge < -0.3 is 28.6 Å². The molecule has 0 fully saturated rings. The molecule has 3 aromatic carbocycles. The summed E-state index contributed by atoms with van der Waals surface area (Å²) in [6.45, 7) is 1.71. The van der Waals surface area contributed by atoms with E-state index >= 15 is 0 Å². The molecular formula is C29H31NO7. The molecule has 1 aliphatic rings. The second kappa shape index (κ2) is 11.2. The summed E-state index contributed by atoms with van der Waals surface area (Å²) in [5.74, 6) is 1.44. The number of methoxy groups -OCH3 is 4. The van der Waals surface area contributed by atoms with Crippen molar-refractivity contribution in [1.82, 2.24) is 4.90 Å². The number of benzene rings is 3. The van der Waals surface area contributed by atoms with E-state index in [4.69, 9.17) is 23.7 Å². The zero-order valence-electron chi connectivity index (χ0n) is 21.6. The average molecular weight is 506 g/mol. The van der Waals surface area contributed by atoms with E-state index in [1.54, 1.807) is 45.5 Å². The zero-order chi connectivity index (χ0) is 26.5. The van der Waals surface area contributed by atoms with E-state index in [2.05, 4.69) is 0 Å². The Morgan fingerprint density at radius 2 is 1.43 bits per heavy atom. The van der Waals surface area contributed by atoms with Gasteiger partial charge in [0.1, 0.15) is 0 Å². The molecule has 0 aromatic heterocycles. The number of nitrogens with zero attached hydrogens (tertiary/aromatic N) is 1. The van der Waals surface area contributed by atoms with Gasteiger partial charge in [0.2, 0.25) is 6.10 Å². The van der Waals surface area contributed by atoms with Crippen molar-refractivity contribution in [3.05, 3.63) is 82.9 Å². The first kappa shape index (κ1) is 25.9. The van der Waals surface area contributed by atoms with Gasteiger partial charge in [0.15, 0.2) is 23.0 Å². The summed E-state index contributed by atoms with van der Waals surface area (Å²) >= 11 is 0. The molecule has 0 aliphatic carbocycles. The van der Waals surface area contributed by atoms with Gasteiger partial charge in [0, 0.05) is 19.0 Å². The number of rotatable bonds is 8. The number of esters is 1. The Kier molecular flexibility index (Phi) is 7.86. The minimum absolute atomic E-state index is 0.318. The van der Waals surface area contributed by atoms with Crippen LogP contribution in [0.2, 0.25) is 0 Å². The minimum atomic E-state index is -1.08. The Bertz CT molecular complexity index is 1270. The van der Waals surface area contributed by atoms with Gasteiger partial charge in [-0.05, 0) is 47.4 Å². The molecule has 1 amide bonds. The topological polar surface area (TPSA) is 83.5 Å². The van der Waals surface area contributed by atoms with Crippen molar-refractivity contribution in [3.63, 3.8) is 0 Å². The van der Waals surface area contributed by atoms with Crippen LogP contribution in [-0.4, -0.2) is 51.8 Å². The maximum absolute atomic E-state index is 14.1. The van der Waals surface area contributed by atoms with E-state index in [1.165, 1.54) is 6.92 Å². The lowest BCUT2D eigenvalue weighted by Crippen LogP contribution is -2.44. The van der Waals surface area contributed by atoms with Gasteiger partial charge in [-0.1, -0.05) is 36.4 Å². The van der Waals surface area contributed by atoms with Crippen LogP contribution in [0.1, 0.15) is 41.3 Å². The smallest absolute Gasteiger partial charge is 0.303 e. The van der Waals surface area contributed by atoms with Gasteiger partial charge in [-0.3, -0.25) is 9.59 Å². The molecule has 0 bridgehead atoms. The predicted molar refractivity (Wildman–Crippen MR) is 137 cm³/mol. The molecule has 8 heteroatoms. The fraction of sp³-hybridized carbons (Fsp3) is 0.310. The zero-order valence-corrected chi connectivity index (χ0v) is 21.6. The molecule has 1 aliphatic heterocycles. The quantitative estimate of drug-likeness (QED) is 0.417. The standard InChI is InChI=1S/C29H31NO7/c1-18(31)37-28(19-9-7-6-8-10-19)29(32)30-14-13-20-15-25(35-4)26(36-5)17-22(20)27(30)21-11-12-23(33-2)24(16-21)34-3/h6-12,15-17,27-28H,13-14H2,1-5H3/t27-,28-/m0/s1. The van der Waals surface area contributed by atoms with Gasteiger partial charge in [-0.15, -0.1) is 0 Å². The highest BCUT2D eigenvalue weighted by Gasteiger charge is 2.38. The maximum atomic E-state index is 14.1. The number of amides is 1. The van der Waals surface area contributed by atoms with Crippen LogP contribution in [0.25, 0.3) is 0 Å². The van der Waals surface area contributed by atoms with Crippen LogP contribution < -0.4 is 18.9 Å². The molecule has 0 unspecified atom stereocenters. The summed E-state index contributed by atoms with van der Waals surface area (Å²) in [5.41, 5.74) is 3.34. The highest BCUT2D eigenvalue weighted by Crippen LogP contribution is 2.43. The molecule has 0 saturated heterocycles. The number of carbonyl (C=O) groups is 2. The molecule has 0 saturated carbocycles. The summed E-state index contributed by atoms with van der Waals surface area (Å²) in [7, 11) is 6.31. The summed E-state index contributed by atoms with van der Waals surface area (Å²) in [6, 6.07) is 18.0. The molecule has 8 nitrogen and oxygen atoms in total. The second-order valence-electron chi connectivity index (χ2n) is 8.60. The largest absolute Gasteiger partial charge is 0.493 e. The SMILES string of the molecule is COc1ccc([C@H]2c3cc(OC)c(OC)cc3CCN2C(=O)[C@@H](OC(C)=O)c2ccccc2)cc1OC. The Balaban J connectivity index is 1.87. The number of fused-ring (bicyclic) bond motifs is 1. The van der Waals surface area contributed by atoms with Crippen molar-refractivity contribution in [2.75, 3.05) is 35.0 Å². The number of hydrogen-bond acceptors (Lipinski definition) is 7. The third kappa shape index (κ3) is 5.18. The van der Waals surface area contributed by atoms with Crippen LogP contribution in [0.3, 0.4) is 0 Å². The fourth-order valence-electron chi connectivity index (χ4n) is 4.77. The minimum Gasteiger partial charge on any atom is -0.493 e. The van der Waals surface area contributed by atoms with E-state index in [-0.39, 0.29) is 5.91 Å². The third-order valence-corrected chi connectivity index (χ3v) is 6.49. The summed E-state index contributed by atoms with van der Waals surface area (Å²) in [4.78, 5) is 27.9. The van der Waals surface area contributed by atoms with Gasteiger partial charge >= 0.3 is 5.97 Å². The lowest BCUT2D eigenvalue weighted by atomic mass is 9.86. The van der Waals surface area contributed by atoms with Crippen LogP contribution in [0, 0.1) is 0 Å². The summed E-state index contributed by atoms with van der Waals surface area (Å²) < 4.78 is 27.7. The van der Waals surface area contributed by atoms with Crippen LogP contribution >= 0.6 is 0 Å². The van der Waals surface area contributed by atoms with Crippen molar-refractivity contribution in [3.8, 4) is 23.0 Å². The monoisotopic (exact) mass is 505 g/mol. The van der Waals surface area contributed by atoms with Gasteiger partial charge in [-0.2, -0.15) is 0 Å². The van der Waals surface area contributed by atoms with Gasteiger partial charge in [-0.25, -0.2) is 0 Å². The molecule has 4 rings (SSSR count). The Labute approximate surface area is 216 Å². The first-order valence-electron chi connectivity index (χ1n) is 11.9. The van der Waals surface area contributed by atoms with Crippen LogP contribution in [0.15, 0.2) is 60.7 Å². The van der Waals surface area contributed by atoms with Crippen molar-refractivity contribution in [2.24, 2.45) is 0 Å². The first-order valence-corrected chi connectivity index (χ1v) is 11.9. The Morgan fingerprint density at radius 3 is 2.05 bits per heavy atom. The highest BCUT2D eigenvalue weighted by atomic mass is 16.5. The lowest BCUT2D eigenvalue weighted by Gasteiger charge is -2.39. The molecule has 2 atom stereocenters. The average Bonchev–Trinajstić information content (AvgIpc) is 2.94. The molecule has 0 radical (unpaired) electrons. The summed E-state index contributed by atoms with van der Waals surface area (Å²) in [5, 5.41) is 0. The number of ether oxygens (including phenoxy) is 5. The van der Waals surface area contributed by atoms with Crippen molar-refractivity contribution in [1.29, 1.82) is 0 Å². The molecule has 0 spiro atoms. The molecule has 1 heterocycles. The maximum Gasteiger partial charge on any atom is 0.303 e. The molecular weight excluding hydrogens is 474 g/mol. The van der Waals surface area contributed by atoms with Crippen LogP contribution in [-0.2, 0) is 20.7 Å². The van der Waals surface area contributed by atoms with Crippen LogP contribution in [0.4, 0.5) is 0 Å². The van der Waals surface area contributed by atoms with E-state index < -0.39 is 18.1 Å². The van der Waals surface area contributed by atoms with Gasteiger partial charge in [0.05, 0.1) is 34.5 Å². The Morgan fingerprint density at radius 1 is 0.811 bits per heavy atom. The van der Waals surface area contributed by atoms with Crippen LogP contribution in [0.5, 0.6) is 23.0 Å². The van der Waals surface area contributed by atoms with E-state index in [1.807, 2.05) is 48.5 Å². The Hall–Kier alpha value is -4.20. The number of hydrogen-bond donors (Lipinski definition) is 0. The van der Waals surface area contributed by atoms with E-state index in [0.717, 1.165) is 16.7 Å². The molecule has 37 heavy (non-hydrogen) atoms. The van der Waals surface area contributed by atoms with Gasteiger partial charge in [0.25, 0.3) is 5.91 Å². The number of carbonyl (C=O) groups excluding carboxylic acids is 2. The highest BCUT2D eigenvalue weighted by molar-refractivity contribution is 5.86. The van der Waals surface area contributed by atoms with Crippen molar-refractivity contribution < 1.29 is 33.3 Å². The predicted octanol–water partition coefficient (Wildman–Crippen LogP) is 4.50. The fourth-order valence-corrected chi connectivity index (χ4v) is 4.77. The molecule has 194 valence electrons. The second-order valence-corrected chi connectivity index (χ2v) is 8.60. The summed E-state index contributed by atoms with van der Waals surface area (Å²) in [6.07, 6.45) is -0.490. The normalized spacial score (nSPS) is 15.3. The lowest BCUT2D eigenvalue weighted by molar-refractivity contribution is -0.160. The molecule has 3 aromatic rings. The van der Waals surface area contributed by atoms with E-state index in [9.17, 15) is 9.59 Å². The van der Waals surface area contributed by atoms with Crippen molar-refractivity contribution >= 4 is 11.9 Å². The van der Waals surface area contributed by atoms with E-state index in [0.29, 0.717) is 41.5 Å².